The minimum atomic E-state index is 0.0422. The second kappa shape index (κ2) is 4.63. The van der Waals surface area contributed by atoms with Crippen LogP contribution in [0.3, 0.4) is 0 Å². The van der Waals surface area contributed by atoms with E-state index in [2.05, 4.69) is 5.10 Å². The van der Waals surface area contributed by atoms with Gasteiger partial charge in [-0.05, 0) is 12.5 Å². The molecule has 1 aliphatic heterocycles. The Balaban J connectivity index is 2.09. The molecule has 0 aliphatic carbocycles. The zero-order chi connectivity index (χ0) is 11.5. The van der Waals surface area contributed by atoms with Crippen LogP contribution in [-0.2, 0) is 11.3 Å². The van der Waals surface area contributed by atoms with Crippen molar-refractivity contribution in [3.63, 3.8) is 0 Å². The molecule has 6 nitrogen and oxygen atoms in total. The molecule has 3 N–H and O–H groups in total. The molecule has 1 aromatic rings. The van der Waals surface area contributed by atoms with Crippen molar-refractivity contribution in [2.75, 3.05) is 24.6 Å². The number of hydrogen-bond donors (Lipinski definition) is 2. The Morgan fingerprint density at radius 2 is 2.44 bits per heavy atom. The van der Waals surface area contributed by atoms with Crippen molar-refractivity contribution in [3.05, 3.63) is 12.4 Å². The predicted octanol–water partition coefficient (Wildman–Crippen LogP) is -0.813. The van der Waals surface area contributed by atoms with E-state index in [9.17, 15) is 4.79 Å². The molecule has 1 aromatic heterocycles. The lowest BCUT2D eigenvalue weighted by atomic mass is 10.1. The first kappa shape index (κ1) is 11.1. The van der Waals surface area contributed by atoms with Crippen molar-refractivity contribution < 1.29 is 9.90 Å². The number of aromatic nitrogens is 2. The van der Waals surface area contributed by atoms with E-state index in [1.807, 2.05) is 0 Å². The molecule has 1 fully saturated rings. The molecule has 1 unspecified atom stereocenters. The Hall–Kier alpha value is -1.40. The van der Waals surface area contributed by atoms with Gasteiger partial charge in [0.05, 0.1) is 25.0 Å². The molecule has 0 radical (unpaired) electrons. The first-order valence-electron chi connectivity index (χ1n) is 5.38. The van der Waals surface area contributed by atoms with Crippen LogP contribution in [0.1, 0.15) is 6.42 Å². The van der Waals surface area contributed by atoms with Gasteiger partial charge in [-0.15, -0.1) is 0 Å². The van der Waals surface area contributed by atoms with E-state index in [0.717, 1.165) is 5.69 Å². The van der Waals surface area contributed by atoms with Crippen molar-refractivity contribution in [3.8, 4) is 0 Å². The Kier molecular flexibility index (Phi) is 3.21. The third kappa shape index (κ3) is 2.07. The summed E-state index contributed by atoms with van der Waals surface area (Å²) in [4.78, 5) is 13.4. The number of carbonyl (C=O) groups excluding carboxylic acids is 1. The molecule has 0 bridgehead atoms. The maximum Gasteiger partial charge on any atom is 0.227 e. The average Bonchev–Trinajstić information content (AvgIpc) is 2.85. The fourth-order valence-electron chi connectivity index (χ4n) is 1.91. The number of nitrogens with two attached hydrogens (primary N) is 1. The van der Waals surface area contributed by atoms with Gasteiger partial charge in [-0.1, -0.05) is 0 Å². The molecule has 1 saturated heterocycles. The standard InChI is InChI=1S/C10H16N4O2/c11-4-8-3-10(16)14(6-8)9-5-12-13(7-9)1-2-15/h5,7-8,15H,1-4,6,11H2. The normalized spacial score (nSPS) is 20.8. The Labute approximate surface area is 93.6 Å². The number of nitrogens with zero attached hydrogens (tertiary/aromatic N) is 3. The highest BCUT2D eigenvalue weighted by Gasteiger charge is 2.30. The van der Waals surface area contributed by atoms with Crippen LogP contribution >= 0.6 is 0 Å². The minimum absolute atomic E-state index is 0.0422. The van der Waals surface area contributed by atoms with E-state index in [-0.39, 0.29) is 18.4 Å². The van der Waals surface area contributed by atoms with E-state index in [1.165, 1.54) is 0 Å². The molecule has 0 aromatic carbocycles. The molecule has 1 atom stereocenters. The summed E-state index contributed by atoms with van der Waals surface area (Å²) in [6, 6.07) is 0. The van der Waals surface area contributed by atoms with Crippen LogP contribution in [0.5, 0.6) is 0 Å². The summed E-state index contributed by atoms with van der Waals surface area (Å²) >= 11 is 0. The summed E-state index contributed by atoms with van der Waals surface area (Å²) in [5.41, 5.74) is 6.34. The van der Waals surface area contributed by atoms with Gasteiger partial charge in [0.2, 0.25) is 5.91 Å². The fraction of sp³-hybridized carbons (Fsp3) is 0.600. The van der Waals surface area contributed by atoms with Crippen LogP contribution in [0, 0.1) is 5.92 Å². The van der Waals surface area contributed by atoms with Gasteiger partial charge in [-0.3, -0.25) is 9.48 Å². The molecule has 0 spiro atoms. The third-order valence-electron chi connectivity index (χ3n) is 2.80. The molecule has 2 heterocycles. The summed E-state index contributed by atoms with van der Waals surface area (Å²) in [7, 11) is 0. The lowest BCUT2D eigenvalue weighted by Gasteiger charge is -2.13. The summed E-state index contributed by atoms with van der Waals surface area (Å²) < 4.78 is 1.62. The topological polar surface area (TPSA) is 84.4 Å². The van der Waals surface area contributed by atoms with Crippen LogP contribution < -0.4 is 10.6 Å². The van der Waals surface area contributed by atoms with Gasteiger partial charge in [0, 0.05) is 19.2 Å². The molecule has 2 rings (SSSR count). The highest BCUT2D eigenvalue weighted by molar-refractivity contribution is 5.95. The highest BCUT2D eigenvalue weighted by atomic mass is 16.3. The van der Waals surface area contributed by atoms with Crippen LogP contribution in [-0.4, -0.2) is 40.5 Å². The van der Waals surface area contributed by atoms with E-state index < -0.39 is 0 Å². The monoisotopic (exact) mass is 224 g/mol. The minimum Gasteiger partial charge on any atom is -0.394 e. The fourth-order valence-corrected chi connectivity index (χ4v) is 1.91. The number of carbonyl (C=O) groups is 1. The maximum atomic E-state index is 11.7. The van der Waals surface area contributed by atoms with Crippen LogP contribution in [0.15, 0.2) is 12.4 Å². The van der Waals surface area contributed by atoms with Gasteiger partial charge >= 0.3 is 0 Å². The van der Waals surface area contributed by atoms with Gasteiger partial charge in [0.15, 0.2) is 0 Å². The molecule has 88 valence electrons. The number of rotatable bonds is 4. The highest BCUT2D eigenvalue weighted by Crippen LogP contribution is 2.23. The summed E-state index contributed by atoms with van der Waals surface area (Å²) in [5.74, 6) is 0.340. The zero-order valence-corrected chi connectivity index (χ0v) is 9.04. The first-order chi connectivity index (χ1) is 7.74. The Bertz CT molecular complexity index is 377. The van der Waals surface area contributed by atoms with E-state index >= 15 is 0 Å². The van der Waals surface area contributed by atoms with Gasteiger partial charge in [0.25, 0.3) is 0 Å². The molecule has 1 aliphatic rings. The van der Waals surface area contributed by atoms with E-state index in [0.29, 0.717) is 26.1 Å². The number of hydrogen-bond acceptors (Lipinski definition) is 4. The largest absolute Gasteiger partial charge is 0.394 e. The Morgan fingerprint density at radius 3 is 3.06 bits per heavy atom. The smallest absolute Gasteiger partial charge is 0.227 e. The molecule has 16 heavy (non-hydrogen) atoms. The summed E-state index contributed by atoms with van der Waals surface area (Å²) in [6.07, 6.45) is 3.93. The molecule has 0 saturated carbocycles. The molecular weight excluding hydrogens is 208 g/mol. The molecule has 6 heteroatoms. The van der Waals surface area contributed by atoms with Crippen LogP contribution in [0.4, 0.5) is 5.69 Å². The number of anilines is 1. The SMILES string of the molecule is NCC1CC(=O)N(c2cnn(CCO)c2)C1. The van der Waals surface area contributed by atoms with E-state index in [1.54, 1.807) is 22.0 Å². The second-order valence-corrected chi connectivity index (χ2v) is 4.00. The first-order valence-corrected chi connectivity index (χ1v) is 5.38. The second-order valence-electron chi connectivity index (χ2n) is 4.00. The summed E-state index contributed by atoms with van der Waals surface area (Å²) in [6.45, 7) is 1.69. The zero-order valence-electron chi connectivity index (χ0n) is 9.04. The quantitative estimate of drug-likeness (QED) is 0.700. The number of amides is 1. The maximum absolute atomic E-state index is 11.7. The molecular formula is C10H16N4O2. The summed E-state index contributed by atoms with van der Waals surface area (Å²) in [5, 5.41) is 12.8. The molecule has 1 amide bonds. The van der Waals surface area contributed by atoms with Crippen molar-refractivity contribution in [2.45, 2.75) is 13.0 Å². The van der Waals surface area contributed by atoms with Gasteiger partial charge in [0.1, 0.15) is 0 Å². The van der Waals surface area contributed by atoms with Crippen molar-refractivity contribution in [1.82, 2.24) is 9.78 Å². The third-order valence-corrected chi connectivity index (χ3v) is 2.80. The number of aliphatic hydroxyl groups excluding tert-OH is 1. The van der Waals surface area contributed by atoms with Gasteiger partial charge < -0.3 is 15.7 Å². The van der Waals surface area contributed by atoms with Crippen molar-refractivity contribution in [1.29, 1.82) is 0 Å². The Morgan fingerprint density at radius 1 is 1.62 bits per heavy atom. The lowest BCUT2D eigenvalue weighted by molar-refractivity contribution is -0.117. The lowest BCUT2D eigenvalue weighted by Crippen LogP contribution is -2.25. The van der Waals surface area contributed by atoms with E-state index in [4.69, 9.17) is 10.8 Å². The average molecular weight is 224 g/mol. The van der Waals surface area contributed by atoms with Crippen LogP contribution in [0.2, 0.25) is 0 Å². The predicted molar refractivity (Wildman–Crippen MR) is 58.8 cm³/mol. The number of aliphatic hydroxyl groups is 1. The van der Waals surface area contributed by atoms with Crippen molar-refractivity contribution in [2.24, 2.45) is 11.7 Å². The van der Waals surface area contributed by atoms with Gasteiger partial charge in [-0.2, -0.15) is 5.10 Å². The van der Waals surface area contributed by atoms with Crippen LogP contribution in [0.25, 0.3) is 0 Å². The van der Waals surface area contributed by atoms with Crippen molar-refractivity contribution >= 4 is 11.6 Å². The van der Waals surface area contributed by atoms with Gasteiger partial charge in [-0.25, -0.2) is 0 Å².